The summed E-state index contributed by atoms with van der Waals surface area (Å²) < 4.78 is 5.22. The van der Waals surface area contributed by atoms with E-state index in [4.69, 9.17) is 10.2 Å². The average molecular weight is 315 g/mol. The molecular weight excluding hydrogens is 290 g/mol. The Morgan fingerprint density at radius 1 is 1.26 bits per heavy atom. The Morgan fingerprint density at radius 2 is 1.96 bits per heavy atom. The number of nitrogens with zero attached hydrogens (tertiary/aromatic N) is 1. The van der Waals surface area contributed by atoms with E-state index in [1.54, 1.807) is 6.07 Å². The normalized spacial score (nSPS) is 12.3. The molecule has 5 heteroatoms. The van der Waals surface area contributed by atoms with Gasteiger partial charge >= 0.3 is 0 Å². The lowest BCUT2D eigenvalue weighted by Crippen LogP contribution is -2.38. The molecule has 0 spiro atoms. The summed E-state index contributed by atoms with van der Waals surface area (Å²) in [6, 6.07) is 12.1. The zero-order valence-electron chi connectivity index (χ0n) is 13.8. The van der Waals surface area contributed by atoms with Crippen molar-refractivity contribution in [1.82, 2.24) is 10.2 Å². The summed E-state index contributed by atoms with van der Waals surface area (Å²) >= 11 is 0. The lowest BCUT2D eigenvalue weighted by Gasteiger charge is -2.30. The number of furan rings is 1. The Kier molecular flexibility index (Phi) is 6.38. The van der Waals surface area contributed by atoms with E-state index < -0.39 is 0 Å². The van der Waals surface area contributed by atoms with Crippen molar-refractivity contribution in [1.29, 1.82) is 0 Å². The average Bonchev–Trinajstić information content (AvgIpc) is 3.08. The van der Waals surface area contributed by atoms with Gasteiger partial charge in [-0.25, -0.2) is 0 Å². The number of amides is 1. The van der Waals surface area contributed by atoms with Crippen molar-refractivity contribution < 1.29 is 9.21 Å². The van der Waals surface area contributed by atoms with Gasteiger partial charge in [0, 0.05) is 6.54 Å². The molecule has 2 rings (SSSR count). The zero-order valence-corrected chi connectivity index (χ0v) is 13.8. The highest BCUT2D eigenvalue weighted by Gasteiger charge is 2.19. The van der Waals surface area contributed by atoms with Crippen molar-refractivity contribution in [3.63, 3.8) is 0 Å². The van der Waals surface area contributed by atoms with Crippen LogP contribution in [0.2, 0.25) is 0 Å². The molecule has 3 N–H and O–H groups in total. The lowest BCUT2D eigenvalue weighted by atomic mass is 10.0. The maximum absolute atomic E-state index is 12.3. The molecule has 0 aliphatic rings. The molecule has 124 valence electrons. The number of nitrogens with one attached hydrogen (secondary N) is 1. The van der Waals surface area contributed by atoms with Crippen LogP contribution in [0.1, 0.15) is 41.6 Å². The number of hydrogen-bond donors (Lipinski definition) is 2. The molecule has 0 aliphatic carbocycles. The molecule has 1 amide bonds. The minimum absolute atomic E-state index is 0.137. The highest BCUT2D eigenvalue weighted by molar-refractivity contribution is 5.94. The summed E-state index contributed by atoms with van der Waals surface area (Å²) in [6.07, 6.45) is 1.45. The second kappa shape index (κ2) is 8.50. The van der Waals surface area contributed by atoms with Crippen LogP contribution in [0, 0.1) is 0 Å². The van der Waals surface area contributed by atoms with E-state index in [1.807, 2.05) is 18.2 Å². The van der Waals surface area contributed by atoms with E-state index in [1.165, 1.54) is 11.8 Å². The third-order valence-electron chi connectivity index (χ3n) is 4.01. The second-order valence-corrected chi connectivity index (χ2v) is 5.36. The summed E-state index contributed by atoms with van der Waals surface area (Å²) in [6.45, 7) is 6.95. The van der Waals surface area contributed by atoms with Crippen LogP contribution in [-0.2, 0) is 6.54 Å². The molecule has 0 aliphatic heterocycles. The quantitative estimate of drug-likeness (QED) is 0.785. The Morgan fingerprint density at radius 3 is 2.52 bits per heavy atom. The Balaban J connectivity index is 2.07. The van der Waals surface area contributed by atoms with Gasteiger partial charge in [-0.05, 0) is 24.7 Å². The molecule has 23 heavy (non-hydrogen) atoms. The minimum atomic E-state index is -0.137. The van der Waals surface area contributed by atoms with Gasteiger partial charge < -0.3 is 15.5 Å². The predicted molar refractivity (Wildman–Crippen MR) is 91.0 cm³/mol. The van der Waals surface area contributed by atoms with Gasteiger partial charge in [0.2, 0.25) is 0 Å². The molecule has 0 saturated carbocycles. The number of carbonyl (C=O) groups excluding carboxylic acids is 1. The molecule has 1 aromatic heterocycles. The first-order valence-electron chi connectivity index (χ1n) is 8.04. The van der Waals surface area contributed by atoms with Crippen LogP contribution in [0.25, 0.3) is 0 Å². The topological polar surface area (TPSA) is 71.5 Å². The standard InChI is InChI=1S/C18H25N3O2/c1-3-21(4-2)17(14-8-6-5-7-9-14)12-20-18(22)15-10-16(11-19)23-13-15/h5-10,13,17H,3-4,11-12,19H2,1-2H3,(H,20,22). The lowest BCUT2D eigenvalue weighted by molar-refractivity contribution is 0.0934. The number of nitrogens with two attached hydrogens (primary N) is 1. The van der Waals surface area contributed by atoms with E-state index in [2.05, 4.69) is 36.2 Å². The van der Waals surface area contributed by atoms with Crippen LogP contribution < -0.4 is 11.1 Å². The van der Waals surface area contributed by atoms with Gasteiger partial charge in [0.15, 0.2) is 0 Å². The first-order chi connectivity index (χ1) is 11.2. The molecule has 1 heterocycles. The molecule has 1 atom stereocenters. The van der Waals surface area contributed by atoms with Crippen LogP contribution in [-0.4, -0.2) is 30.4 Å². The number of benzene rings is 1. The molecule has 1 aromatic carbocycles. The SMILES string of the molecule is CCN(CC)C(CNC(=O)c1coc(CN)c1)c1ccccc1. The Labute approximate surface area is 137 Å². The number of rotatable bonds is 8. The van der Waals surface area contributed by atoms with E-state index in [-0.39, 0.29) is 11.9 Å². The number of carbonyl (C=O) groups is 1. The van der Waals surface area contributed by atoms with Crippen molar-refractivity contribution in [3.8, 4) is 0 Å². The molecule has 2 aromatic rings. The van der Waals surface area contributed by atoms with E-state index >= 15 is 0 Å². The Hall–Kier alpha value is -2.11. The van der Waals surface area contributed by atoms with Crippen LogP contribution in [0.5, 0.6) is 0 Å². The van der Waals surface area contributed by atoms with E-state index in [9.17, 15) is 4.79 Å². The molecular formula is C18H25N3O2. The van der Waals surface area contributed by atoms with Crippen molar-refractivity contribution >= 4 is 5.91 Å². The van der Waals surface area contributed by atoms with Gasteiger partial charge in [-0.1, -0.05) is 44.2 Å². The monoisotopic (exact) mass is 315 g/mol. The van der Waals surface area contributed by atoms with Gasteiger partial charge in [0.25, 0.3) is 5.91 Å². The Bertz CT molecular complexity index is 606. The maximum atomic E-state index is 12.3. The summed E-state index contributed by atoms with van der Waals surface area (Å²) in [5, 5.41) is 3.00. The summed E-state index contributed by atoms with van der Waals surface area (Å²) in [5.41, 5.74) is 7.22. The fourth-order valence-electron chi connectivity index (χ4n) is 2.70. The van der Waals surface area contributed by atoms with Gasteiger partial charge in [0.05, 0.1) is 18.2 Å². The highest BCUT2D eigenvalue weighted by Crippen LogP contribution is 2.19. The number of likely N-dealkylation sites (N-methyl/N-ethyl adjacent to an activating group) is 1. The zero-order chi connectivity index (χ0) is 16.7. The summed E-state index contributed by atoms with van der Waals surface area (Å²) in [4.78, 5) is 14.6. The molecule has 0 fully saturated rings. The molecule has 0 radical (unpaired) electrons. The molecule has 5 nitrogen and oxygen atoms in total. The van der Waals surface area contributed by atoms with Gasteiger partial charge in [-0.2, -0.15) is 0 Å². The van der Waals surface area contributed by atoms with Crippen molar-refractivity contribution in [2.24, 2.45) is 5.73 Å². The van der Waals surface area contributed by atoms with Gasteiger partial charge in [-0.3, -0.25) is 9.69 Å². The van der Waals surface area contributed by atoms with Crippen LogP contribution in [0.4, 0.5) is 0 Å². The maximum Gasteiger partial charge on any atom is 0.254 e. The fraction of sp³-hybridized carbons (Fsp3) is 0.389. The van der Waals surface area contributed by atoms with Crippen LogP contribution in [0.15, 0.2) is 47.1 Å². The van der Waals surface area contributed by atoms with E-state index in [0.717, 1.165) is 13.1 Å². The highest BCUT2D eigenvalue weighted by atomic mass is 16.3. The second-order valence-electron chi connectivity index (χ2n) is 5.36. The fourth-order valence-corrected chi connectivity index (χ4v) is 2.70. The van der Waals surface area contributed by atoms with Crippen LogP contribution >= 0.6 is 0 Å². The van der Waals surface area contributed by atoms with Gasteiger partial charge in [-0.15, -0.1) is 0 Å². The predicted octanol–water partition coefficient (Wildman–Crippen LogP) is 2.55. The molecule has 0 bridgehead atoms. The minimum Gasteiger partial charge on any atom is -0.467 e. The molecule has 0 saturated heterocycles. The molecule has 1 unspecified atom stereocenters. The third-order valence-corrected chi connectivity index (χ3v) is 4.01. The number of hydrogen-bond acceptors (Lipinski definition) is 4. The van der Waals surface area contributed by atoms with Crippen molar-refractivity contribution in [3.05, 3.63) is 59.5 Å². The van der Waals surface area contributed by atoms with Crippen molar-refractivity contribution in [2.75, 3.05) is 19.6 Å². The van der Waals surface area contributed by atoms with Gasteiger partial charge in [0.1, 0.15) is 12.0 Å². The first-order valence-corrected chi connectivity index (χ1v) is 8.04. The summed E-state index contributed by atoms with van der Waals surface area (Å²) in [5.74, 6) is 0.472. The van der Waals surface area contributed by atoms with Crippen molar-refractivity contribution in [2.45, 2.75) is 26.4 Å². The largest absolute Gasteiger partial charge is 0.467 e. The summed E-state index contributed by atoms with van der Waals surface area (Å²) in [7, 11) is 0. The third kappa shape index (κ3) is 4.43. The van der Waals surface area contributed by atoms with E-state index in [0.29, 0.717) is 24.4 Å². The smallest absolute Gasteiger partial charge is 0.254 e. The van der Waals surface area contributed by atoms with Crippen LogP contribution in [0.3, 0.4) is 0 Å². The first kappa shape index (κ1) is 17.2.